The molecule has 1 unspecified atom stereocenters. The van der Waals surface area contributed by atoms with Crippen LogP contribution in [0.2, 0.25) is 0 Å². The van der Waals surface area contributed by atoms with Crippen LogP contribution in [0.1, 0.15) is 27.2 Å². The molecule has 0 aromatic heterocycles. The number of hydrogen-bond acceptors (Lipinski definition) is 7. The fourth-order valence-electron chi connectivity index (χ4n) is 0.929. The first-order valence-electron chi connectivity index (χ1n) is 6.37. The van der Waals surface area contributed by atoms with Gasteiger partial charge in [-0.1, -0.05) is 0 Å². The van der Waals surface area contributed by atoms with Crippen LogP contribution in [0.25, 0.3) is 0 Å². The van der Waals surface area contributed by atoms with Crippen molar-refractivity contribution in [2.45, 2.75) is 38.8 Å². The second-order valence-corrected chi connectivity index (χ2v) is 4.95. The van der Waals surface area contributed by atoms with Crippen LogP contribution in [-0.4, -0.2) is 51.3 Å². The maximum atomic E-state index is 11.4. The van der Waals surface area contributed by atoms with Crippen molar-refractivity contribution in [3.8, 4) is 0 Å². The average molecular weight is 335 g/mol. The van der Waals surface area contributed by atoms with Gasteiger partial charge in [0.2, 0.25) is 5.91 Å². The first kappa shape index (κ1) is 22.6. The molecule has 0 rings (SSSR count). The maximum Gasteiger partial charge on any atom is 0.328 e. The molecule has 0 fully saturated rings. The third kappa shape index (κ3) is 17.3. The first-order chi connectivity index (χ1) is 10.4. The van der Waals surface area contributed by atoms with E-state index in [4.69, 9.17) is 15.9 Å². The Kier molecular flexibility index (Phi) is 10.8. The quantitative estimate of drug-likeness (QED) is 0.259. The summed E-state index contributed by atoms with van der Waals surface area (Å²) in [4.78, 5) is 44.4. The summed E-state index contributed by atoms with van der Waals surface area (Å²) in [5.41, 5.74) is 4.61. The monoisotopic (exact) mass is 335 g/mol. The molecule has 0 saturated heterocycles. The van der Waals surface area contributed by atoms with E-state index in [9.17, 15) is 24.5 Å². The van der Waals surface area contributed by atoms with Crippen LogP contribution in [0.4, 0.5) is 0 Å². The molecule has 11 heteroatoms. The lowest BCUT2D eigenvalue weighted by molar-refractivity contribution is -0.757. The van der Waals surface area contributed by atoms with Gasteiger partial charge in [-0.2, -0.15) is 0 Å². The summed E-state index contributed by atoms with van der Waals surface area (Å²) in [5.74, 6) is -2.81. The second kappa shape index (κ2) is 11.0. The number of hydrogen-bond donors (Lipinski definition) is 4. The molecular formula is C12H21N3O8. The third-order valence-corrected chi connectivity index (χ3v) is 2.08. The summed E-state index contributed by atoms with van der Waals surface area (Å²) in [6, 6.07) is -0.208. The first-order valence-corrected chi connectivity index (χ1v) is 6.37. The maximum absolute atomic E-state index is 11.4. The van der Waals surface area contributed by atoms with Crippen LogP contribution < -0.4 is 11.1 Å². The molecule has 0 radical (unpaired) electrons. The van der Waals surface area contributed by atoms with Crippen LogP contribution in [0.5, 0.6) is 0 Å². The van der Waals surface area contributed by atoms with Crippen LogP contribution in [-0.2, 0) is 19.2 Å². The third-order valence-electron chi connectivity index (χ3n) is 2.08. The number of carboxylic acids is 2. The van der Waals surface area contributed by atoms with Gasteiger partial charge in [0.1, 0.15) is 0 Å². The summed E-state index contributed by atoms with van der Waals surface area (Å²) in [6.45, 7) is 4.86. The lowest BCUT2D eigenvalue weighted by atomic mass is 10.1. The molecule has 5 N–H and O–H groups in total. The van der Waals surface area contributed by atoms with Crippen LogP contribution >= 0.6 is 0 Å². The van der Waals surface area contributed by atoms with Gasteiger partial charge in [-0.3, -0.25) is 4.79 Å². The molecule has 0 aromatic rings. The van der Waals surface area contributed by atoms with Crippen molar-refractivity contribution >= 4 is 17.8 Å². The number of aliphatic carboxylic acids is 2. The van der Waals surface area contributed by atoms with Gasteiger partial charge in [-0.15, -0.1) is 10.1 Å². The fraction of sp³-hybridized carbons (Fsp3) is 0.583. The molecular weight excluding hydrogens is 314 g/mol. The molecule has 1 amide bonds. The van der Waals surface area contributed by atoms with E-state index < -0.39 is 22.6 Å². The summed E-state index contributed by atoms with van der Waals surface area (Å²) < 4.78 is 0. The molecule has 0 saturated carbocycles. The second-order valence-electron chi connectivity index (χ2n) is 4.95. The van der Waals surface area contributed by atoms with Gasteiger partial charge in [0.15, 0.2) is 0 Å². The Morgan fingerprint density at radius 2 is 1.74 bits per heavy atom. The molecule has 23 heavy (non-hydrogen) atoms. The number of nitrogens with two attached hydrogens (primary N) is 1. The lowest BCUT2D eigenvalue weighted by Gasteiger charge is -2.21. The Labute approximate surface area is 132 Å². The smallest absolute Gasteiger partial charge is 0.328 e. The number of carbonyl (C=O) groups is 3. The van der Waals surface area contributed by atoms with E-state index in [1.54, 1.807) is 20.8 Å². The van der Waals surface area contributed by atoms with Gasteiger partial charge in [0.25, 0.3) is 5.09 Å². The minimum Gasteiger partial charge on any atom is -0.478 e. The summed E-state index contributed by atoms with van der Waals surface area (Å²) in [6.07, 6.45) is 1.48. The van der Waals surface area contributed by atoms with Crippen molar-refractivity contribution in [2.75, 3.05) is 6.61 Å². The number of carbonyl (C=O) groups excluding carboxylic acids is 1. The predicted octanol–water partition coefficient (Wildman–Crippen LogP) is -0.461. The van der Waals surface area contributed by atoms with E-state index in [1.807, 2.05) is 0 Å². The van der Waals surface area contributed by atoms with E-state index in [0.717, 1.165) is 0 Å². The van der Waals surface area contributed by atoms with E-state index in [1.165, 1.54) is 0 Å². The Balaban J connectivity index is 0. The zero-order valence-corrected chi connectivity index (χ0v) is 13.0. The number of nitrogens with one attached hydrogen (secondary N) is 1. The highest BCUT2D eigenvalue weighted by Gasteiger charge is 2.22. The zero-order chi connectivity index (χ0) is 18.6. The van der Waals surface area contributed by atoms with Gasteiger partial charge in [0, 0.05) is 18.2 Å². The number of carboxylic acid groups (broad SMARTS) is 2. The van der Waals surface area contributed by atoms with Gasteiger partial charge < -0.3 is 26.1 Å². The van der Waals surface area contributed by atoms with Crippen molar-refractivity contribution in [2.24, 2.45) is 5.73 Å². The SMILES string of the molecule is CC(CCO[N+](=O)[O-])NC(=O)C(C)(C)N.O=C(O)C=CC(=O)O. The zero-order valence-electron chi connectivity index (χ0n) is 13.0. The highest BCUT2D eigenvalue weighted by Crippen LogP contribution is 1.99. The van der Waals surface area contributed by atoms with E-state index in [2.05, 4.69) is 10.2 Å². The Bertz CT molecular complexity index is 440. The minimum atomic E-state index is -1.26. The van der Waals surface area contributed by atoms with Gasteiger partial charge >= 0.3 is 11.9 Å². The molecule has 0 aliphatic heterocycles. The number of rotatable bonds is 8. The predicted molar refractivity (Wildman–Crippen MR) is 77.8 cm³/mol. The van der Waals surface area contributed by atoms with Crippen molar-refractivity contribution in [3.05, 3.63) is 22.3 Å². The molecule has 132 valence electrons. The van der Waals surface area contributed by atoms with Crippen LogP contribution in [0, 0.1) is 10.1 Å². The topological polar surface area (TPSA) is 182 Å². The number of nitrogens with zero attached hydrogens (tertiary/aromatic N) is 1. The minimum absolute atomic E-state index is 0.0422. The standard InChI is InChI=1S/C8H17N3O4.C4H4O4/c1-6(4-5-15-11(13)14)10-7(12)8(2,3)9;5-3(6)1-2-4(7)8/h6H,4-5,9H2,1-3H3,(H,10,12);1-2H,(H,5,6)(H,7,8). The van der Waals surface area contributed by atoms with Crippen molar-refractivity contribution in [1.82, 2.24) is 5.32 Å². The fourth-order valence-corrected chi connectivity index (χ4v) is 0.929. The highest BCUT2D eigenvalue weighted by molar-refractivity contribution is 5.89. The van der Waals surface area contributed by atoms with Crippen molar-refractivity contribution in [3.63, 3.8) is 0 Å². The van der Waals surface area contributed by atoms with E-state index in [-0.39, 0.29) is 18.6 Å². The highest BCUT2D eigenvalue weighted by atomic mass is 16.9. The largest absolute Gasteiger partial charge is 0.478 e. The molecule has 0 spiro atoms. The molecule has 0 aromatic carbocycles. The average Bonchev–Trinajstić information content (AvgIpc) is 2.35. The van der Waals surface area contributed by atoms with Crippen molar-refractivity contribution < 1.29 is 34.5 Å². The van der Waals surface area contributed by atoms with Crippen LogP contribution in [0.3, 0.4) is 0 Å². The Morgan fingerprint density at radius 1 is 1.30 bits per heavy atom. The number of amides is 1. The molecule has 0 aliphatic carbocycles. The van der Waals surface area contributed by atoms with Gasteiger partial charge in [-0.25, -0.2) is 9.59 Å². The Morgan fingerprint density at radius 3 is 2.04 bits per heavy atom. The van der Waals surface area contributed by atoms with E-state index >= 15 is 0 Å². The molecule has 1 atom stereocenters. The molecule has 0 aliphatic rings. The molecule has 0 heterocycles. The van der Waals surface area contributed by atoms with Gasteiger partial charge in [-0.05, 0) is 27.2 Å². The summed E-state index contributed by atoms with van der Waals surface area (Å²) in [5, 5.41) is 27.2. The summed E-state index contributed by atoms with van der Waals surface area (Å²) in [7, 11) is 0. The summed E-state index contributed by atoms with van der Waals surface area (Å²) >= 11 is 0. The Hall–Kier alpha value is -2.69. The van der Waals surface area contributed by atoms with E-state index in [0.29, 0.717) is 18.6 Å². The van der Waals surface area contributed by atoms with Crippen molar-refractivity contribution in [1.29, 1.82) is 0 Å². The molecule has 11 nitrogen and oxygen atoms in total. The van der Waals surface area contributed by atoms with Crippen LogP contribution in [0.15, 0.2) is 12.2 Å². The van der Waals surface area contributed by atoms with Gasteiger partial charge in [0.05, 0.1) is 12.1 Å². The lowest BCUT2D eigenvalue weighted by Crippen LogP contribution is -2.51. The molecule has 0 bridgehead atoms. The normalized spacial score (nSPS) is 11.8.